The summed E-state index contributed by atoms with van der Waals surface area (Å²) in [6.07, 6.45) is 5.43. The van der Waals surface area contributed by atoms with Crippen LogP contribution in [-0.2, 0) is 0 Å². The van der Waals surface area contributed by atoms with Crippen LogP contribution in [0.4, 0.5) is 10.1 Å². The Balaban J connectivity index is 2.32. The number of carbonyl (C=O) groups is 1. The number of aromatic carboxylic acids is 1. The Bertz CT molecular complexity index is 553. The fourth-order valence-electron chi connectivity index (χ4n) is 2.48. The minimum atomic E-state index is -1.48. The number of ether oxygens (including phenoxy) is 1. The highest BCUT2D eigenvalue weighted by molar-refractivity contribution is 5.89. The van der Waals surface area contributed by atoms with E-state index in [2.05, 4.69) is 0 Å². The second kappa shape index (κ2) is 6.51. The number of hydrogen-bond donors (Lipinski definition) is 1. The Hall–Kier alpha value is -2.18. The lowest BCUT2D eigenvalue weighted by Crippen LogP contribution is -2.16. The quantitative estimate of drug-likeness (QED) is 0.521. The summed E-state index contributed by atoms with van der Waals surface area (Å²) in [6, 6.07) is 1.51. The molecule has 1 fully saturated rings. The van der Waals surface area contributed by atoms with Crippen molar-refractivity contribution < 1.29 is 24.0 Å². The topological polar surface area (TPSA) is 89.7 Å². The second-order valence-corrected chi connectivity index (χ2v) is 5.09. The summed E-state index contributed by atoms with van der Waals surface area (Å²) in [5.41, 5.74) is -1.16. The third-order valence-corrected chi connectivity index (χ3v) is 3.57. The van der Waals surface area contributed by atoms with Gasteiger partial charge in [0, 0.05) is 6.07 Å². The van der Waals surface area contributed by atoms with Crippen LogP contribution < -0.4 is 4.74 Å². The Labute approximate surface area is 120 Å². The summed E-state index contributed by atoms with van der Waals surface area (Å²) >= 11 is 0. The molecule has 0 radical (unpaired) electrons. The maximum absolute atomic E-state index is 13.5. The number of halogens is 1. The fraction of sp³-hybridized carbons (Fsp3) is 0.500. The Morgan fingerprint density at radius 2 is 1.90 bits per heavy atom. The summed E-state index contributed by atoms with van der Waals surface area (Å²) in [7, 11) is 0. The van der Waals surface area contributed by atoms with E-state index in [9.17, 15) is 19.3 Å². The van der Waals surface area contributed by atoms with Gasteiger partial charge in [0.15, 0.2) is 5.75 Å². The van der Waals surface area contributed by atoms with Gasteiger partial charge in [-0.2, -0.15) is 0 Å². The highest BCUT2D eigenvalue weighted by Crippen LogP contribution is 2.33. The van der Waals surface area contributed by atoms with E-state index in [1.165, 1.54) is 0 Å². The van der Waals surface area contributed by atoms with Gasteiger partial charge in [-0.25, -0.2) is 9.18 Å². The van der Waals surface area contributed by atoms with Crippen LogP contribution in [0.5, 0.6) is 5.75 Å². The van der Waals surface area contributed by atoms with Gasteiger partial charge in [-0.3, -0.25) is 10.1 Å². The maximum Gasteiger partial charge on any atom is 0.338 e. The number of carboxylic acid groups (broad SMARTS) is 1. The van der Waals surface area contributed by atoms with Crippen molar-refractivity contribution >= 4 is 11.7 Å². The first-order valence-electron chi connectivity index (χ1n) is 6.87. The smallest absolute Gasteiger partial charge is 0.338 e. The zero-order valence-electron chi connectivity index (χ0n) is 11.4. The van der Waals surface area contributed by atoms with Gasteiger partial charge in [-0.15, -0.1) is 0 Å². The first-order valence-corrected chi connectivity index (χ1v) is 6.87. The van der Waals surface area contributed by atoms with Crippen molar-refractivity contribution in [3.05, 3.63) is 33.6 Å². The molecule has 0 bridgehead atoms. The van der Waals surface area contributed by atoms with Crippen LogP contribution in [0.1, 0.15) is 48.9 Å². The molecule has 0 aromatic heterocycles. The van der Waals surface area contributed by atoms with Crippen molar-refractivity contribution in [3.8, 4) is 5.75 Å². The first-order chi connectivity index (χ1) is 9.99. The molecule has 0 atom stereocenters. The zero-order chi connectivity index (χ0) is 15.4. The highest BCUT2D eigenvalue weighted by Gasteiger charge is 2.25. The lowest BCUT2D eigenvalue weighted by molar-refractivity contribution is -0.386. The Morgan fingerprint density at radius 3 is 2.43 bits per heavy atom. The molecular weight excluding hydrogens is 281 g/mol. The van der Waals surface area contributed by atoms with Crippen molar-refractivity contribution in [1.29, 1.82) is 0 Å². The van der Waals surface area contributed by atoms with Gasteiger partial charge in [0.25, 0.3) is 0 Å². The van der Waals surface area contributed by atoms with Crippen LogP contribution in [0.2, 0.25) is 0 Å². The molecular formula is C14H16FNO5. The molecule has 6 nitrogen and oxygen atoms in total. The summed E-state index contributed by atoms with van der Waals surface area (Å²) in [6.45, 7) is 0. The number of benzene rings is 1. The predicted molar refractivity (Wildman–Crippen MR) is 72.1 cm³/mol. The SMILES string of the molecule is O=C(O)c1cc(OC2CCCCCC2)c([N+](=O)[O-])cc1F. The minimum absolute atomic E-state index is 0.175. The summed E-state index contributed by atoms with van der Waals surface area (Å²) in [5.74, 6) is -2.79. The molecule has 1 aliphatic rings. The maximum atomic E-state index is 13.5. The van der Waals surface area contributed by atoms with E-state index in [0.29, 0.717) is 6.07 Å². The van der Waals surface area contributed by atoms with Crippen molar-refractivity contribution in [2.45, 2.75) is 44.6 Å². The molecule has 1 aliphatic carbocycles. The predicted octanol–water partition coefficient (Wildman–Crippen LogP) is 3.53. The van der Waals surface area contributed by atoms with Gasteiger partial charge < -0.3 is 9.84 Å². The molecule has 1 aromatic rings. The lowest BCUT2D eigenvalue weighted by atomic mass is 10.1. The summed E-state index contributed by atoms with van der Waals surface area (Å²) in [4.78, 5) is 21.1. The van der Waals surface area contributed by atoms with Gasteiger partial charge in [0.05, 0.1) is 22.7 Å². The molecule has 1 aromatic carbocycles. The van der Waals surface area contributed by atoms with E-state index >= 15 is 0 Å². The number of rotatable bonds is 4. The van der Waals surface area contributed by atoms with Crippen LogP contribution in [0, 0.1) is 15.9 Å². The molecule has 0 aliphatic heterocycles. The monoisotopic (exact) mass is 297 g/mol. The van der Waals surface area contributed by atoms with Gasteiger partial charge in [-0.05, 0) is 25.7 Å². The minimum Gasteiger partial charge on any atom is -0.483 e. The third kappa shape index (κ3) is 3.68. The third-order valence-electron chi connectivity index (χ3n) is 3.57. The van der Waals surface area contributed by atoms with Gasteiger partial charge >= 0.3 is 11.7 Å². The molecule has 1 N–H and O–H groups in total. The normalized spacial score (nSPS) is 16.2. The van der Waals surface area contributed by atoms with Crippen LogP contribution in [-0.4, -0.2) is 22.1 Å². The number of nitrogens with zero attached hydrogens (tertiary/aromatic N) is 1. The molecule has 7 heteroatoms. The molecule has 1 saturated carbocycles. The second-order valence-electron chi connectivity index (χ2n) is 5.09. The van der Waals surface area contributed by atoms with Gasteiger partial charge in [-0.1, -0.05) is 12.8 Å². The molecule has 21 heavy (non-hydrogen) atoms. The van der Waals surface area contributed by atoms with Gasteiger partial charge in [0.2, 0.25) is 0 Å². The molecule has 0 spiro atoms. The largest absolute Gasteiger partial charge is 0.483 e. The average Bonchev–Trinajstić information content (AvgIpc) is 2.68. The molecule has 0 unspecified atom stereocenters. The van der Waals surface area contributed by atoms with Gasteiger partial charge in [0.1, 0.15) is 5.82 Å². The van der Waals surface area contributed by atoms with Crippen molar-refractivity contribution in [2.75, 3.05) is 0 Å². The van der Waals surface area contributed by atoms with Crippen molar-refractivity contribution in [2.24, 2.45) is 0 Å². The standard InChI is InChI=1S/C14H16FNO5/c15-11-8-12(16(19)20)13(7-10(11)14(17)18)21-9-5-3-1-2-4-6-9/h7-9H,1-6H2,(H,17,18). The van der Waals surface area contributed by atoms with Crippen LogP contribution in [0.25, 0.3) is 0 Å². The number of hydrogen-bond acceptors (Lipinski definition) is 4. The molecule has 0 heterocycles. The number of carboxylic acids is 1. The number of nitro groups is 1. The molecule has 0 saturated heterocycles. The van der Waals surface area contributed by atoms with E-state index in [0.717, 1.165) is 44.6 Å². The Morgan fingerprint density at radius 1 is 1.29 bits per heavy atom. The molecule has 2 rings (SSSR count). The van der Waals surface area contributed by atoms with Crippen LogP contribution in [0.15, 0.2) is 12.1 Å². The summed E-state index contributed by atoms with van der Waals surface area (Å²) in [5, 5.41) is 19.9. The van der Waals surface area contributed by atoms with E-state index in [4.69, 9.17) is 9.84 Å². The Kier molecular flexibility index (Phi) is 4.72. The first kappa shape index (κ1) is 15.2. The highest BCUT2D eigenvalue weighted by atomic mass is 19.1. The number of nitro benzene ring substituents is 1. The zero-order valence-corrected chi connectivity index (χ0v) is 11.4. The van der Waals surface area contributed by atoms with E-state index in [1.807, 2.05) is 0 Å². The van der Waals surface area contributed by atoms with E-state index < -0.39 is 28.0 Å². The fourth-order valence-corrected chi connectivity index (χ4v) is 2.48. The average molecular weight is 297 g/mol. The van der Waals surface area contributed by atoms with Crippen LogP contribution >= 0.6 is 0 Å². The van der Waals surface area contributed by atoms with Crippen LogP contribution in [0.3, 0.4) is 0 Å². The van der Waals surface area contributed by atoms with Crippen molar-refractivity contribution in [3.63, 3.8) is 0 Å². The van der Waals surface area contributed by atoms with E-state index in [1.54, 1.807) is 0 Å². The molecule has 0 amide bonds. The lowest BCUT2D eigenvalue weighted by Gasteiger charge is -2.17. The summed E-state index contributed by atoms with van der Waals surface area (Å²) < 4.78 is 19.1. The molecule has 114 valence electrons. The van der Waals surface area contributed by atoms with E-state index in [-0.39, 0.29) is 11.9 Å². The van der Waals surface area contributed by atoms with Crippen molar-refractivity contribution in [1.82, 2.24) is 0 Å².